The van der Waals surface area contributed by atoms with E-state index in [2.05, 4.69) is 15.6 Å². The molecule has 0 heterocycles. The molecule has 0 spiro atoms. The lowest BCUT2D eigenvalue weighted by Gasteiger charge is -2.16. The Kier molecular flexibility index (Phi) is 9.93. The van der Waals surface area contributed by atoms with E-state index in [1.54, 1.807) is 19.1 Å². The SMILES string of the molecule is CN=C(NCc1ccc(C)cc1OCC(F)(F)F)NCC(F)F.I. The van der Waals surface area contributed by atoms with Crippen LogP contribution in [0.5, 0.6) is 5.75 Å². The van der Waals surface area contributed by atoms with E-state index in [0.29, 0.717) is 5.56 Å². The normalized spacial score (nSPS) is 11.9. The van der Waals surface area contributed by atoms with Gasteiger partial charge in [0, 0.05) is 19.2 Å². The first-order valence-corrected chi connectivity index (χ1v) is 6.73. The number of hydrogen-bond acceptors (Lipinski definition) is 2. The summed E-state index contributed by atoms with van der Waals surface area (Å²) in [6.45, 7) is -0.177. The summed E-state index contributed by atoms with van der Waals surface area (Å²) < 4.78 is 65.9. The van der Waals surface area contributed by atoms with Crippen LogP contribution in [-0.2, 0) is 6.54 Å². The topological polar surface area (TPSA) is 45.7 Å². The summed E-state index contributed by atoms with van der Waals surface area (Å²) in [6.07, 6.45) is -6.98. The summed E-state index contributed by atoms with van der Waals surface area (Å²) in [5.74, 6) is 0.201. The Labute approximate surface area is 153 Å². The lowest BCUT2D eigenvalue weighted by atomic mass is 10.1. The molecule has 1 aromatic carbocycles. The minimum atomic E-state index is -4.44. The summed E-state index contributed by atoms with van der Waals surface area (Å²) in [6, 6.07) is 4.80. The fraction of sp³-hybridized carbons (Fsp3) is 0.500. The fourth-order valence-corrected chi connectivity index (χ4v) is 1.68. The molecule has 0 amide bonds. The van der Waals surface area contributed by atoms with E-state index in [-0.39, 0.29) is 42.2 Å². The predicted octanol–water partition coefficient (Wildman–Crippen LogP) is 3.48. The highest BCUT2D eigenvalue weighted by Gasteiger charge is 2.28. The lowest BCUT2D eigenvalue weighted by Crippen LogP contribution is -2.39. The van der Waals surface area contributed by atoms with Crippen LogP contribution < -0.4 is 15.4 Å². The third-order valence-corrected chi connectivity index (χ3v) is 2.71. The Morgan fingerprint density at radius 3 is 2.46 bits per heavy atom. The van der Waals surface area contributed by atoms with Gasteiger partial charge in [0.05, 0.1) is 6.54 Å². The van der Waals surface area contributed by atoms with Crippen LogP contribution in [0, 0.1) is 6.92 Å². The van der Waals surface area contributed by atoms with E-state index < -0.39 is 25.8 Å². The van der Waals surface area contributed by atoms with Gasteiger partial charge in [-0.1, -0.05) is 12.1 Å². The molecule has 0 unspecified atom stereocenters. The molecule has 2 N–H and O–H groups in total. The molecule has 10 heteroatoms. The lowest BCUT2D eigenvalue weighted by molar-refractivity contribution is -0.153. The van der Waals surface area contributed by atoms with Crippen molar-refractivity contribution in [3.05, 3.63) is 29.3 Å². The Bertz CT molecular complexity index is 538. The Morgan fingerprint density at radius 1 is 1.25 bits per heavy atom. The second kappa shape index (κ2) is 10.5. The molecule has 0 aliphatic rings. The Morgan fingerprint density at radius 2 is 1.92 bits per heavy atom. The molecule has 24 heavy (non-hydrogen) atoms. The Balaban J connectivity index is 0.00000529. The van der Waals surface area contributed by atoms with E-state index in [9.17, 15) is 22.0 Å². The van der Waals surface area contributed by atoms with Gasteiger partial charge >= 0.3 is 6.18 Å². The summed E-state index contributed by atoms with van der Waals surface area (Å²) in [5.41, 5.74) is 1.20. The number of aliphatic imine (C=N–C) groups is 1. The van der Waals surface area contributed by atoms with E-state index in [1.807, 2.05) is 0 Å². The number of nitrogens with one attached hydrogen (secondary N) is 2. The third kappa shape index (κ3) is 9.08. The average molecular weight is 467 g/mol. The van der Waals surface area contributed by atoms with Gasteiger partial charge in [0.15, 0.2) is 12.6 Å². The molecule has 1 rings (SSSR count). The molecule has 4 nitrogen and oxygen atoms in total. The van der Waals surface area contributed by atoms with Crippen molar-refractivity contribution in [1.82, 2.24) is 10.6 Å². The standard InChI is InChI=1S/C14H18F5N3O.HI/c1-9-3-4-10(11(5-9)23-8-14(17,18)19)6-21-13(20-2)22-7-12(15)16;/h3-5,12H,6-8H2,1-2H3,(H2,20,21,22);1H. The highest BCUT2D eigenvalue weighted by Crippen LogP contribution is 2.23. The van der Waals surface area contributed by atoms with Crippen molar-refractivity contribution < 1.29 is 26.7 Å². The van der Waals surface area contributed by atoms with Crippen molar-refractivity contribution in [3.63, 3.8) is 0 Å². The van der Waals surface area contributed by atoms with E-state index in [4.69, 9.17) is 4.74 Å². The maximum absolute atomic E-state index is 12.3. The van der Waals surface area contributed by atoms with Gasteiger partial charge in [0.25, 0.3) is 6.43 Å². The molecule has 0 fully saturated rings. The first-order chi connectivity index (χ1) is 10.7. The molecule has 0 aromatic heterocycles. The van der Waals surface area contributed by atoms with Crippen LogP contribution in [0.4, 0.5) is 22.0 Å². The van der Waals surface area contributed by atoms with Gasteiger partial charge in [-0.15, -0.1) is 24.0 Å². The molecule has 138 valence electrons. The van der Waals surface area contributed by atoms with Crippen LogP contribution in [0.25, 0.3) is 0 Å². The molecule has 0 atom stereocenters. The number of guanidine groups is 1. The molecular weight excluding hydrogens is 448 g/mol. The minimum absolute atomic E-state index is 0. The maximum Gasteiger partial charge on any atom is 0.422 e. The summed E-state index contributed by atoms with van der Waals surface area (Å²) in [4.78, 5) is 3.75. The van der Waals surface area contributed by atoms with Crippen LogP contribution in [0.2, 0.25) is 0 Å². The second-order valence-corrected chi connectivity index (χ2v) is 4.71. The first kappa shape index (κ1) is 22.7. The highest BCUT2D eigenvalue weighted by molar-refractivity contribution is 14.0. The predicted molar refractivity (Wildman–Crippen MR) is 92.3 cm³/mol. The van der Waals surface area contributed by atoms with Crippen LogP contribution in [0.15, 0.2) is 23.2 Å². The molecule has 0 radical (unpaired) electrons. The number of nitrogens with zero attached hydrogens (tertiary/aromatic N) is 1. The van der Waals surface area contributed by atoms with Crippen LogP contribution in [0.1, 0.15) is 11.1 Å². The number of alkyl halides is 5. The molecule has 1 aromatic rings. The van der Waals surface area contributed by atoms with Crippen LogP contribution in [-0.4, -0.2) is 38.8 Å². The van der Waals surface area contributed by atoms with Gasteiger partial charge < -0.3 is 15.4 Å². The number of rotatable bonds is 6. The van der Waals surface area contributed by atoms with Gasteiger partial charge in [0.2, 0.25) is 0 Å². The van der Waals surface area contributed by atoms with Gasteiger partial charge in [-0.05, 0) is 18.6 Å². The number of benzene rings is 1. The van der Waals surface area contributed by atoms with Gasteiger partial charge in [0.1, 0.15) is 5.75 Å². The van der Waals surface area contributed by atoms with E-state index in [1.165, 1.54) is 13.1 Å². The minimum Gasteiger partial charge on any atom is -0.484 e. The molecular formula is C14H19F5IN3O. The summed E-state index contributed by atoms with van der Waals surface area (Å²) in [5, 5.41) is 5.14. The molecule has 0 bridgehead atoms. The number of ether oxygens (including phenoxy) is 1. The number of hydrogen-bond donors (Lipinski definition) is 2. The van der Waals surface area contributed by atoms with E-state index in [0.717, 1.165) is 5.56 Å². The molecule has 0 aliphatic carbocycles. The van der Waals surface area contributed by atoms with Crippen molar-refractivity contribution in [3.8, 4) is 5.75 Å². The zero-order chi connectivity index (χ0) is 17.5. The van der Waals surface area contributed by atoms with Crippen molar-refractivity contribution in [1.29, 1.82) is 0 Å². The number of halogens is 6. The van der Waals surface area contributed by atoms with Crippen molar-refractivity contribution in [2.45, 2.75) is 26.1 Å². The van der Waals surface area contributed by atoms with Crippen LogP contribution in [0.3, 0.4) is 0 Å². The van der Waals surface area contributed by atoms with Crippen LogP contribution >= 0.6 is 24.0 Å². The smallest absolute Gasteiger partial charge is 0.422 e. The van der Waals surface area contributed by atoms with Crippen molar-refractivity contribution in [2.75, 3.05) is 20.2 Å². The van der Waals surface area contributed by atoms with E-state index >= 15 is 0 Å². The molecule has 0 saturated carbocycles. The highest BCUT2D eigenvalue weighted by atomic mass is 127. The fourth-order valence-electron chi connectivity index (χ4n) is 1.68. The first-order valence-electron chi connectivity index (χ1n) is 6.73. The van der Waals surface area contributed by atoms with Gasteiger partial charge in [-0.25, -0.2) is 8.78 Å². The third-order valence-electron chi connectivity index (χ3n) is 2.71. The molecule has 0 aliphatic heterocycles. The monoisotopic (exact) mass is 467 g/mol. The maximum atomic E-state index is 12.3. The number of aryl methyl sites for hydroxylation is 1. The Hall–Kier alpha value is -1.33. The summed E-state index contributed by atoms with van der Waals surface area (Å²) >= 11 is 0. The zero-order valence-electron chi connectivity index (χ0n) is 13.1. The quantitative estimate of drug-likeness (QED) is 0.292. The average Bonchev–Trinajstić information content (AvgIpc) is 2.45. The second-order valence-electron chi connectivity index (χ2n) is 4.71. The zero-order valence-corrected chi connectivity index (χ0v) is 15.4. The summed E-state index contributed by atoms with van der Waals surface area (Å²) in [7, 11) is 1.40. The largest absolute Gasteiger partial charge is 0.484 e. The van der Waals surface area contributed by atoms with Gasteiger partial charge in [-0.3, -0.25) is 4.99 Å². The van der Waals surface area contributed by atoms with Crippen molar-refractivity contribution in [2.24, 2.45) is 4.99 Å². The van der Waals surface area contributed by atoms with Gasteiger partial charge in [-0.2, -0.15) is 13.2 Å². The van der Waals surface area contributed by atoms with Crippen molar-refractivity contribution >= 4 is 29.9 Å². The molecule has 0 saturated heterocycles.